The zero-order valence-corrected chi connectivity index (χ0v) is 13.7. The second-order valence-electron chi connectivity index (χ2n) is 5.28. The Morgan fingerprint density at radius 1 is 1.40 bits per heavy atom. The summed E-state index contributed by atoms with van der Waals surface area (Å²) in [5.74, 6) is 1.57. The summed E-state index contributed by atoms with van der Waals surface area (Å²) in [6.45, 7) is 7.08. The lowest BCUT2D eigenvalue weighted by Crippen LogP contribution is -2.33. The molecule has 0 amide bonds. The molecule has 1 aliphatic rings. The van der Waals surface area contributed by atoms with Gasteiger partial charge in [0.05, 0.1) is 17.6 Å². The van der Waals surface area contributed by atoms with E-state index in [1.54, 1.807) is 23.1 Å². The fraction of sp³-hybridized carbons (Fsp3) is 0.571. The van der Waals surface area contributed by atoms with Crippen LogP contribution < -0.4 is 5.73 Å². The molecule has 4 nitrogen and oxygen atoms in total. The normalized spacial score (nSPS) is 22.1. The third kappa shape index (κ3) is 2.29. The van der Waals surface area contributed by atoms with E-state index in [1.165, 1.54) is 10.4 Å². The summed E-state index contributed by atoms with van der Waals surface area (Å²) in [5, 5.41) is 1.82. The van der Waals surface area contributed by atoms with Crippen LogP contribution in [0.3, 0.4) is 0 Å². The van der Waals surface area contributed by atoms with E-state index in [9.17, 15) is 0 Å². The number of ether oxygens (including phenoxy) is 1. The van der Waals surface area contributed by atoms with Crippen LogP contribution in [-0.2, 0) is 17.8 Å². The Morgan fingerprint density at radius 2 is 2.20 bits per heavy atom. The molecule has 0 bridgehead atoms. The Labute approximate surface area is 127 Å². The number of nitrogens with zero attached hydrogens (tertiary/aromatic N) is 2. The SMILES string of the molecule is CCSc1nc(N)c2c3c(sc2n1)CO[C@@](C)(CC)C3. The van der Waals surface area contributed by atoms with Crippen molar-refractivity contribution in [1.29, 1.82) is 0 Å². The summed E-state index contributed by atoms with van der Waals surface area (Å²) in [5.41, 5.74) is 7.39. The predicted octanol–water partition coefficient (Wildman–Crippen LogP) is 3.63. The smallest absolute Gasteiger partial charge is 0.190 e. The van der Waals surface area contributed by atoms with Gasteiger partial charge in [0.2, 0.25) is 0 Å². The molecule has 1 atom stereocenters. The highest BCUT2D eigenvalue weighted by molar-refractivity contribution is 7.99. The first-order valence-electron chi connectivity index (χ1n) is 6.91. The van der Waals surface area contributed by atoms with Crippen molar-refractivity contribution < 1.29 is 4.74 Å². The van der Waals surface area contributed by atoms with Crippen LogP contribution in [0.4, 0.5) is 5.82 Å². The molecule has 2 aromatic rings. The van der Waals surface area contributed by atoms with Gasteiger partial charge in [-0.3, -0.25) is 0 Å². The van der Waals surface area contributed by atoms with Crippen molar-refractivity contribution in [2.24, 2.45) is 0 Å². The number of hydrogen-bond acceptors (Lipinski definition) is 6. The van der Waals surface area contributed by atoms with Gasteiger partial charge in [-0.1, -0.05) is 25.6 Å². The van der Waals surface area contributed by atoms with Crippen molar-refractivity contribution in [2.75, 3.05) is 11.5 Å². The van der Waals surface area contributed by atoms with Crippen molar-refractivity contribution in [3.63, 3.8) is 0 Å². The first kappa shape index (κ1) is 14.1. The van der Waals surface area contributed by atoms with E-state index < -0.39 is 0 Å². The summed E-state index contributed by atoms with van der Waals surface area (Å²) in [6, 6.07) is 0. The summed E-state index contributed by atoms with van der Waals surface area (Å²) in [4.78, 5) is 11.3. The number of nitrogens with two attached hydrogens (primary N) is 1. The van der Waals surface area contributed by atoms with Crippen molar-refractivity contribution in [1.82, 2.24) is 9.97 Å². The molecule has 0 saturated carbocycles. The third-order valence-corrected chi connectivity index (χ3v) is 5.69. The average molecular weight is 309 g/mol. The first-order chi connectivity index (χ1) is 9.56. The van der Waals surface area contributed by atoms with Gasteiger partial charge in [-0.2, -0.15) is 0 Å². The van der Waals surface area contributed by atoms with Crippen LogP contribution in [0, 0.1) is 0 Å². The molecular formula is C14H19N3OS2. The maximum atomic E-state index is 6.19. The summed E-state index contributed by atoms with van der Waals surface area (Å²) in [7, 11) is 0. The maximum Gasteiger partial charge on any atom is 0.190 e. The van der Waals surface area contributed by atoms with Crippen molar-refractivity contribution in [2.45, 2.75) is 51.0 Å². The molecule has 0 saturated heterocycles. The zero-order chi connectivity index (χ0) is 14.3. The molecule has 3 rings (SSSR count). The molecule has 0 fully saturated rings. The standard InChI is InChI=1S/C14H19N3OS2/c1-4-14(3)6-8-9(7-18-14)20-12-10(8)11(15)16-13(17-12)19-5-2/h4-7H2,1-3H3,(H2,15,16,17)/t14-/m0/s1. The molecule has 0 unspecified atom stereocenters. The van der Waals surface area contributed by atoms with Gasteiger partial charge < -0.3 is 10.5 Å². The van der Waals surface area contributed by atoms with Gasteiger partial charge >= 0.3 is 0 Å². The fourth-order valence-corrected chi connectivity index (χ4v) is 4.25. The minimum Gasteiger partial charge on any atom is -0.383 e. The van der Waals surface area contributed by atoms with E-state index in [-0.39, 0.29) is 5.60 Å². The molecule has 2 aromatic heterocycles. The van der Waals surface area contributed by atoms with Crippen LogP contribution >= 0.6 is 23.1 Å². The molecule has 1 aliphatic heterocycles. The Kier molecular flexibility index (Phi) is 3.64. The monoisotopic (exact) mass is 309 g/mol. The minimum absolute atomic E-state index is 0.0930. The van der Waals surface area contributed by atoms with Gasteiger partial charge in [0.15, 0.2) is 5.16 Å². The van der Waals surface area contributed by atoms with Crippen LogP contribution in [0.1, 0.15) is 37.6 Å². The summed E-state index contributed by atoms with van der Waals surface area (Å²) in [6.07, 6.45) is 1.89. The highest BCUT2D eigenvalue weighted by atomic mass is 32.2. The Bertz CT molecular complexity index is 655. The number of thiophene rings is 1. The topological polar surface area (TPSA) is 61.0 Å². The highest BCUT2D eigenvalue weighted by Crippen LogP contribution is 2.41. The number of hydrogen-bond donors (Lipinski definition) is 1. The van der Waals surface area contributed by atoms with Crippen molar-refractivity contribution >= 4 is 39.1 Å². The second kappa shape index (κ2) is 5.16. The molecule has 20 heavy (non-hydrogen) atoms. The van der Waals surface area contributed by atoms with Crippen LogP contribution in [0.15, 0.2) is 5.16 Å². The summed E-state index contributed by atoms with van der Waals surface area (Å²) < 4.78 is 6.00. The maximum absolute atomic E-state index is 6.19. The number of thioether (sulfide) groups is 1. The average Bonchev–Trinajstić information content (AvgIpc) is 2.77. The molecule has 0 aromatic carbocycles. The van der Waals surface area contributed by atoms with E-state index in [0.29, 0.717) is 12.4 Å². The minimum atomic E-state index is -0.0930. The van der Waals surface area contributed by atoms with Gasteiger partial charge in [-0.05, 0) is 24.7 Å². The van der Waals surface area contributed by atoms with Crippen LogP contribution in [0.5, 0.6) is 0 Å². The van der Waals surface area contributed by atoms with E-state index in [1.807, 2.05) is 0 Å². The van der Waals surface area contributed by atoms with E-state index in [2.05, 4.69) is 30.7 Å². The quantitative estimate of drug-likeness (QED) is 0.693. The second-order valence-corrected chi connectivity index (χ2v) is 7.59. The molecule has 3 heterocycles. The van der Waals surface area contributed by atoms with Gasteiger partial charge in [0, 0.05) is 11.3 Å². The van der Waals surface area contributed by atoms with Crippen molar-refractivity contribution in [3.8, 4) is 0 Å². The highest BCUT2D eigenvalue weighted by Gasteiger charge is 2.32. The lowest BCUT2D eigenvalue weighted by molar-refractivity contribution is -0.0542. The van der Waals surface area contributed by atoms with Gasteiger partial charge in [-0.25, -0.2) is 9.97 Å². The molecule has 108 valence electrons. The van der Waals surface area contributed by atoms with Gasteiger partial charge in [0.25, 0.3) is 0 Å². The number of fused-ring (bicyclic) bond motifs is 3. The Balaban J connectivity index is 2.12. The van der Waals surface area contributed by atoms with Crippen LogP contribution in [-0.4, -0.2) is 21.3 Å². The molecular weight excluding hydrogens is 290 g/mol. The first-order valence-corrected chi connectivity index (χ1v) is 8.71. The van der Waals surface area contributed by atoms with Gasteiger partial charge in [0.1, 0.15) is 10.6 Å². The summed E-state index contributed by atoms with van der Waals surface area (Å²) >= 11 is 3.32. The molecule has 6 heteroatoms. The Hall–Kier alpha value is -0.850. The number of nitrogen functional groups attached to an aromatic ring is 1. The van der Waals surface area contributed by atoms with E-state index in [0.717, 1.165) is 34.0 Å². The van der Waals surface area contributed by atoms with Crippen LogP contribution in [0.25, 0.3) is 10.2 Å². The largest absolute Gasteiger partial charge is 0.383 e. The Morgan fingerprint density at radius 3 is 2.90 bits per heavy atom. The van der Waals surface area contributed by atoms with E-state index >= 15 is 0 Å². The molecule has 0 aliphatic carbocycles. The van der Waals surface area contributed by atoms with Crippen LogP contribution in [0.2, 0.25) is 0 Å². The molecule has 0 radical (unpaired) electrons. The molecule has 2 N–H and O–H groups in total. The number of anilines is 1. The number of rotatable bonds is 3. The zero-order valence-electron chi connectivity index (χ0n) is 12.0. The van der Waals surface area contributed by atoms with E-state index in [4.69, 9.17) is 10.5 Å². The van der Waals surface area contributed by atoms with Gasteiger partial charge in [-0.15, -0.1) is 11.3 Å². The molecule has 0 spiro atoms. The lowest BCUT2D eigenvalue weighted by atomic mass is 9.90. The van der Waals surface area contributed by atoms with Crippen molar-refractivity contribution in [3.05, 3.63) is 10.4 Å². The number of aromatic nitrogens is 2. The predicted molar refractivity (Wildman–Crippen MR) is 85.4 cm³/mol. The lowest BCUT2D eigenvalue weighted by Gasteiger charge is -2.33. The third-order valence-electron chi connectivity index (χ3n) is 3.87. The fourth-order valence-electron chi connectivity index (χ4n) is 2.50.